The number of hydrogen-bond acceptors (Lipinski definition) is 19. The van der Waals surface area contributed by atoms with E-state index in [1.807, 2.05) is 25.1 Å². The predicted octanol–water partition coefficient (Wildman–Crippen LogP) is 2.54. The lowest BCUT2D eigenvalue weighted by Gasteiger charge is -2.23. The number of carbonyl (C=O) groups excluding carboxylic acids is 3. The first-order valence-electron chi connectivity index (χ1n) is 25.5. The number of benzene rings is 1. The van der Waals surface area contributed by atoms with Gasteiger partial charge in [-0.05, 0) is 37.0 Å². The molecule has 0 aliphatic carbocycles. The number of amidine groups is 1. The van der Waals surface area contributed by atoms with Gasteiger partial charge in [-0.2, -0.15) is 0 Å². The van der Waals surface area contributed by atoms with Gasteiger partial charge >= 0.3 is 12.0 Å². The Balaban J connectivity index is 0.934. The lowest BCUT2D eigenvalue weighted by Crippen LogP contribution is -2.41. The van der Waals surface area contributed by atoms with Crippen LogP contribution in [0.25, 0.3) is 17.2 Å². The molecule has 414 valence electrons. The maximum atomic E-state index is 13.6. The summed E-state index contributed by atoms with van der Waals surface area (Å²) in [6.07, 6.45) is 8.14. The Morgan fingerprint density at radius 3 is 1.62 bits per heavy atom. The van der Waals surface area contributed by atoms with Crippen LogP contribution in [0.3, 0.4) is 0 Å². The van der Waals surface area contributed by atoms with Crippen LogP contribution in [0.4, 0.5) is 10.5 Å². The molecule has 1 fully saturated rings. The Bertz CT molecular complexity index is 1960. The molecule has 5 N–H and O–H groups in total. The van der Waals surface area contributed by atoms with E-state index in [9.17, 15) is 19.2 Å². The second kappa shape index (κ2) is 39.2. The number of nitrogens with two attached hydrogens (primary N) is 1. The van der Waals surface area contributed by atoms with E-state index in [1.165, 1.54) is 5.06 Å². The van der Waals surface area contributed by atoms with Crippen LogP contribution in [-0.4, -0.2) is 220 Å². The second-order valence-corrected chi connectivity index (χ2v) is 16.6. The number of aliphatic carboxylic acids is 1. The average Bonchev–Trinajstić information content (AvgIpc) is 3.89. The van der Waals surface area contributed by atoms with Crippen LogP contribution in [0.1, 0.15) is 56.8 Å². The molecule has 0 bridgehead atoms. The summed E-state index contributed by atoms with van der Waals surface area (Å²) < 4.78 is 54.4. The van der Waals surface area contributed by atoms with E-state index in [0.717, 1.165) is 42.6 Å². The van der Waals surface area contributed by atoms with Crippen LogP contribution in [0.5, 0.6) is 0 Å². The Kier molecular flexibility index (Phi) is 32.5. The fourth-order valence-electron chi connectivity index (χ4n) is 6.91. The fourth-order valence-corrected chi connectivity index (χ4v) is 6.91. The molecule has 4 amide bonds. The number of fused-ring (bicyclic) bond motifs is 1. The smallest absolute Gasteiger partial charge is 0.317 e. The highest BCUT2D eigenvalue weighted by molar-refractivity contribution is 6.05. The molecular formula is C50H78N8O16. The number of nitrogens with one attached hydrogen (secondary N) is 2. The van der Waals surface area contributed by atoms with Gasteiger partial charge in [-0.1, -0.05) is 19.1 Å². The van der Waals surface area contributed by atoms with Crippen molar-refractivity contribution in [3.8, 4) is 11.1 Å². The maximum absolute atomic E-state index is 13.6. The number of carboxylic acids is 1. The lowest BCUT2D eigenvalue weighted by atomic mass is 10.0. The summed E-state index contributed by atoms with van der Waals surface area (Å²) in [5.41, 5.74) is 9.62. The van der Waals surface area contributed by atoms with Gasteiger partial charge in [0.25, 0.3) is 5.91 Å². The number of rotatable bonds is 43. The van der Waals surface area contributed by atoms with Crippen molar-refractivity contribution in [1.82, 2.24) is 30.6 Å². The number of aliphatic imine (C=N–C) groups is 1. The van der Waals surface area contributed by atoms with Crippen molar-refractivity contribution >= 4 is 41.4 Å². The molecule has 24 nitrogen and oxygen atoms in total. The van der Waals surface area contributed by atoms with Gasteiger partial charge in [0.15, 0.2) is 0 Å². The third-order valence-corrected chi connectivity index (χ3v) is 10.7. The molecule has 2 aliphatic rings. The zero-order chi connectivity index (χ0) is 52.7. The van der Waals surface area contributed by atoms with Crippen LogP contribution < -0.4 is 16.4 Å². The molecular weight excluding hydrogens is 969 g/mol. The highest BCUT2D eigenvalue weighted by Crippen LogP contribution is 2.32. The number of likely N-dealkylation sites (tertiary alicyclic amines) is 1. The monoisotopic (exact) mass is 1050 g/mol. The summed E-state index contributed by atoms with van der Waals surface area (Å²) in [5.74, 6) is -0.654. The number of nitrogens with zero attached hydrogens (tertiary/aromatic N) is 5. The standard InChI is InChI=1S/C50H78N8O16/c1-2-10-58(74-15-9-52-50(63)57-11-3-4-12-57)49(62)42-34-41-6-5-40(35-44(41)56-45(51)36-42)43-37-53-46(54-38-43)39-55-47(59)7-13-64-16-18-66-20-22-68-24-26-70-28-30-72-32-33-73-31-29-71-27-25-69-23-21-67-19-17-65-14-8-48(60)61/h5-6,34-35,37-38H,2-4,7-33,36,39H2,1H3,(H2,51,56)(H,52,63)(H,55,59)(H,60,61). The zero-order valence-electron chi connectivity index (χ0n) is 43.0. The van der Waals surface area contributed by atoms with Gasteiger partial charge < -0.3 is 73.7 Å². The average molecular weight is 1050 g/mol. The summed E-state index contributed by atoms with van der Waals surface area (Å²) >= 11 is 0. The summed E-state index contributed by atoms with van der Waals surface area (Å²) in [6, 6.07) is 5.51. The number of hydroxylamine groups is 2. The summed E-state index contributed by atoms with van der Waals surface area (Å²) in [4.78, 5) is 69.8. The first-order chi connectivity index (χ1) is 36.2. The number of amides is 4. The number of urea groups is 1. The van der Waals surface area contributed by atoms with Crippen LogP contribution in [-0.2, 0) is 73.1 Å². The van der Waals surface area contributed by atoms with Crippen molar-refractivity contribution < 1.29 is 76.5 Å². The highest BCUT2D eigenvalue weighted by Gasteiger charge is 2.23. The van der Waals surface area contributed by atoms with Crippen molar-refractivity contribution in [3.63, 3.8) is 0 Å². The molecule has 0 spiro atoms. The fraction of sp³-hybridized carbons (Fsp3) is 0.660. The Morgan fingerprint density at radius 1 is 0.649 bits per heavy atom. The molecule has 1 aromatic carbocycles. The molecule has 24 heteroatoms. The summed E-state index contributed by atoms with van der Waals surface area (Å²) in [6.45, 7) is 12.5. The molecule has 0 unspecified atom stereocenters. The van der Waals surface area contributed by atoms with E-state index in [2.05, 4.69) is 25.6 Å². The molecule has 1 aromatic heterocycles. The van der Waals surface area contributed by atoms with Crippen LogP contribution in [0.2, 0.25) is 0 Å². The molecule has 0 radical (unpaired) electrons. The SMILES string of the molecule is CCCN(OCCNC(=O)N1CCCC1)C(=O)C1=Cc2ccc(-c3cnc(CNC(=O)CCOCCOCCOCCOCCOCCOCCOCCOCCOCCOCCC(=O)O)nc3)cc2N=C(N)C1. The van der Waals surface area contributed by atoms with Crippen molar-refractivity contribution in [2.45, 2.75) is 52.0 Å². The van der Waals surface area contributed by atoms with Crippen LogP contribution >= 0.6 is 0 Å². The quantitative estimate of drug-likeness (QED) is 0.0548. The molecule has 0 atom stereocenters. The zero-order valence-corrected chi connectivity index (χ0v) is 43.0. The topological polar surface area (TPSA) is 285 Å². The van der Waals surface area contributed by atoms with Crippen molar-refractivity contribution in [2.75, 3.05) is 165 Å². The van der Waals surface area contributed by atoms with Gasteiger partial charge in [0.05, 0.1) is 157 Å². The first kappa shape index (κ1) is 61.3. The number of ether oxygens (including phenoxy) is 10. The van der Waals surface area contributed by atoms with Gasteiger partial charge in [-0.3, -0.25) is 19.2 Å². The van der Waals surface area contributed by atoms with Crippen molar-refractivity contribution in [1.29, 1.82) is 0 Å². The third-order valence-electron chi connectivity index (χ3n) is 10.7. The number of hydrogen-bond donors (Lipinski definition) is 4. The number of aromatic nitrogens is 2. The van der Waals surface area contributed by atoms with Gasteiger partial charge in [0.2, 0.25) is 5.91 Å². The molecule has 3 heterocycles. The van der Waals surface area contributed by atoms with Crippen molar-refractivity contribution in [3.05, 3.63) is 47.6 Å². The Hall–Kier alpha value is -5.25. The molecule has 0 saturated carbocycles. The van der Waals surface area contributed by atoms with Crippen molar-refractivity contribution in [2.24, 2.45) is 10.7 Å². The normalized spacial score (nSPS) is 13.3. The number of carbonyl (C=O) groups is 4. The van der Waals surface area contributed by atoms with Gasteiger partial charge in [0, 0.05) is 68.1 Å². The van der Waals surface area contributed by atoms with Gasteiger partial charge in [-0.15, -0.1) is 0 Å². The molecule has 74 heavy (non-hydrogen) atoms. The predicted molar refractivity (Wildman–Crippen MR) is 270 cm³/mol. The minimum absolute atomic E-state index is 0.0162. The largest absolute Gasteiger partial charge is 0.481 e. The molecule has 2 aromatic rings. The van der Waals surface area contributed by atoms with E-state index in [-0.39, 0.29) is 75.9 Å². The number of carboxylic acid groups (broad SMARTS) is 1. The Morgan fingerprint density at radius 2 is 1.14 bits per heavy atom. The summed E-state index contributed by atoms with van der Waals surface area (Å²) in [5, 5.41) is 15.5. The third kappa shape index (κ3) is 27.3. The summed E-state index contributed by atoms with van der Waals surface area (Å²) in [7, 11) is 0. The highest BCUT2D eigenvalue weighted by atomic mass is 16.7. The molecule has 4 rings (SSSR count). The Labute approximate surface area is 433 Å². The van der Waals surface area contributed by atoms with E-state index in [0.29, 0.717) is 149 Å². The van der Waals surface area contributed by atoms with E-state index in [4.69, 9.17) is 63.0 Å². The van der Waals surface area contributed by atoms with Crippen LogP contribution in [0, 0.1) is 0 Å². The van der Waals surface area contributed by atoms with E-state index < -0.39 is 5.97 Å². The van der Waals surface area contributed by atoms with Crippen LogP contribution in [0.15, 0.2) is 41.2 Å². The van der Waals surface area contributed by atoms with Gasteiger partial charge in [0.1, 0.15) is 11.7 Å². The second-order valence-electron chi connectivity index (χ2n) is 16.6. The maximum Gasteiger partial charge on any atom is 0.317 e. The van der Waals surface area contributed by atoms with E-state index in [1.54, 1.807) is 23.4 Å². The lowest BCUT2D eigenvalue weighted by molar-refractivity contribution is -0.181. The molecule has 1 saturated heterocycles. The van der Waals surface area contributed by atoms with Gasteiger partial charge in [-0.25, -0.2) is 24.8 Å². The minimum atomic E-state index is -0.885. The van der Waals surface area contributed by atoms with E-state index >= 15 is 0 Å². The first-order valence-corrected chi connectivity index (χ1v) is 25.5. The minimum Gasteiger partial charge on any atom is -0.481 e. The molecule has 2 aliphatic heterocycles.